The average Bonchev–Trinajstić information content (AvgIpc) is 3.38. The largest absolute Gasteiger partial charge is 0.395 e. The van der Waals surface area contributed by atoms with Crippen LogP contribution >= 0.6 is 10.9 Å². The highest BCUT2D eigenvalue weighted by atomic mass is 32.2. The summed E-state index contributed by atoms with van der Waals surface area (Å²) in [5.41, 5.74) is 0.879. The van der Waals surface area contributed by atoms with E-state index in [4.69, 9.17) is 0 Å². The van der Waals surface area contributed by atoms with Gasteiger partial charge in [0.15, 0.2) is 17.5 Å². The minimum Gasteiger partial charge on any atom is -0.395 e. The molecule has 2 heterocycles. The minimum atomic E-state index is -1.59. The molecule has 2 aromatic carbocycles. The van der Waals surface area contributed by atoms with Crippen LogP contribution < -0.4 is 0 Å². The molecule has 0 amide bonds. The average molecular weight is 566 g/mol. The number of thiol groups is 1. The lowest BCUT2D eigenvalue weighted by Gasteiger charge is -2.59. The van der Waals surface area contributed by atoms with E-state index in [0.29, 0.717) is 12.3 Å². The Labute approximate surface area is 227 Å². The van der Waals surface area contributed by atoms with Crippen molar-refractivity contribution in [2.75, 3.05) is 12.4 Å². The van der Waals surface area contributed by atoms with Gasteiger partial charge in [0, 0.05) is 21.8 Å². The molecule has 0 radical (unpaired) electrons. The number of nitrogens with zero attached hydrogens (tertiary/aromatic N) is 3. The Morgan fingerprint density at radius 3 is 2.38 bits per heavy atom. The first-order valence-corrected chi connectivity index (χ1v) is 14.7. The molecule has 1 aliphatic carbocycles. The van der Waals surface area contributed by atoms with Crippen molar-refractivity contribution in [2.24, 2.45) is 11.8 Å². The second kappa shape index (κ2) is 10.5. The van der Waals surface area contributed by atoms with Crippen molar-refractivity contribution in [1.82, 2.24) is 15.0 Å². The molecular weight excluding hydrogens is 531 g/mol. The van der Waals surface area contributed by atoms with Crippen LogP contribution in [0.3, 0.4) is 0 Å². The Kier molecular flexibility index (Phi) is 7.58. The van der Waals surface area contributed by atoms with Crippen molar-refractivity contribution in [3.8, 4) is 11.3 Å². The van der Waals surface area contributed by atoms with Crippen molar-refractivity contribution in [3.63, 3.8) is 0 Å². The maximum atomic E-state index is 13.8. The lowest BCUT2D eigenvalue weighted by atomic mass is 9.60. The normalized spacial score (nSPS) is 34.5. The van der Waals surface area contributed by atoms with Gasteiger partial charge >= 0.3 is 0 Å². The molecule has 1 aromatic heterocycles. The summed E-state index contributed by atoms with van der Waals surface area (Å²) in [5, 5.41) is 52.2. The fraction of sp³-hybridized carbons (Fsp3) is 0.500. The molecule has 7 nitrogen and oxygen atoms in total. The summed E-state index contributed by atoms with van der Waals surface area (Å²) in [6.07, 6.45) is -0.443. The first-order chi connectivity index (χ1) is 18.5. The Hall–Kier alpha value is -2.44. The molecular formula is C28H34F3N3O4S. The van der Waals surface area contributed by atoms with Gasteiger partial charge in [-0.05, 0) is 48.4 Å². The highest BCUT2D eigenvalue weighted by Crippen LogP contribution is 2.64. The van der Waals surface area contributed by atoms with E-state index >= 15 is 0 Å². The van der Waals surface area contributed by atoms with Gasteiger partial charge in [-0.1, -0.05) is 43.3 Å². The van der Waals surface area contributed by atoms with Gasteiger partial charge in [0.1, 0.15) is 11.7 Å². The molecule has 1 saturated heterocycles. The fourth-order valence-corrected chi connectivity index (χ4v) is 10.3. The molecule has 39 heavy (non-hydrogen) atoms. The lowest BCUT2D eigenvalue weighted by molar-refractivity contribution is -0.127. The lowest BCUT2D eigenvalue weighted by Crippen LogP contribution is -2.59. The number of aryl methyl sites for hydroxylation is 1. The monoisotopic (exact) mass is 565 g/mol. The van der Waals surface area contributed by atoms with E-state index in [2.05, 4.69) is 17.2 Å². The number of aromatic nitrogens is 3. The third kappa shape index (κ3) is 4.67. The molecule has 9 atom stereocenters. The Morgan fingerprint density at radius 1 is 1.13 bits per heavy atom. The number of aliphatic hydroxyl groups excluding tert-OH is 3. The van der Waals surface area contributed by atoms with Crippen molar-refractivity contribution >= 4 is 10.9 Å². The van der Waals surface area contributed by atoms with Crippen molar-refractivity contribution < 1.29 is 33.6 Å². The van der Waals surface area contributed by atoms with Crippen LogP contribution in [0.15, 0.2) is 42.6 Å². The summed E-state index contributed by atoms with van der Waals surface area (Å²) in [5.74, 6) is -3.81. The maximum Gasteiger partial charge on any atom is 0.194 e. The first-order valence-electron chi connectivity index (χ1n) is 13.0. The topological polar surface area (TPSA) is 112 Å². The van der Waals surface area contributed by atoms with Gasteiger partial charge in [-0.2, -0.15) is 0 Å². The summed E-state index contributed by atoms with van der Waals surface area (Å²) in [4.78, 5) is 0. The van der Waals surface area contributed by atoms with Gasteiger partial charge in [-0.25, -0.2) is 28.7 Å². The molecule has 2 unspecified atom stereocenters. The predicted octanol–water partition coefficient (Wildman–Crippen LogP) is 3.46. The molecule has 2 aliphatic rings. The van der Waals surface area contributed by atoms with Crippen molar-refractivity contribution in [1.29, 1.82) is 0 Å². The van der Waals surface area contributed by atoms with Crippen LogP contribution in [0.25, 0.3) is 11.3 Å². The molecule has 0 spiro atoms. The third-order valence-corrected chi connectivity index (χ3v) is 12.3. The molecule has 1 saturated carbocycles. The smallest absolute Gasteiger partial charge is 0.194 e. The Morgan fingerprint density at radius 2 is 1.79 bits per heavy atom. The quantitative estimate of drug-likeness (QED) is 0.231. The Balaban J connectivity index is 1.49. The van der Waals surface area contributed by atoms with Crippen molar-refractivity contribution in [2.45, 2.75) is 61.5 Å². The second-order valence-electron chi connectivity index (χ2n) is 11.1. The highest BCUT2D eigenvalue weighted by Gasteiger charge is 2.58. The molecule has 1 aliphatic heterocycles. The zero-order chi connectivity index (χ0) is 28.2. The summed E-state index contributed by atoms with van der Waals surface area (Å²) in [6.45, 7) is 5.71. The van der Waals surface area contributed by atoms with Gasteiger partial charge in [0.25, 0.3) is 0 Å². The molecule has 11 heteroatoms. The van der Waals surface area contributed by atoms with Crippen LogP contribution in [-0.2, 0) is 0 Å². The number of benzene rings is 2. The highest BCUT2D eigenvalue weighted by molar-refractivity contribution is 8.18. The van der Waals surface area contributed by atoms with E-state index in [1.807, 2.05) is 38.1 Å². The van der Waals surface area contributed by atoms with E-state index < -0.39 is 57.4 Å². The SMILES string of the molecule is Cc1ccccc1[C@@H]([SH]1C[C@H](O)[C@H](n2cc(-c3cc(F)c(F)c(F)c3)nn2)[C@@H](O)[C@H]1CO)C1(O)C[C@H](C)[C@H]1C. The second-order valence-corrected chi connectivity index (χ2v) is 13.6. The molecule has 212 valence electrons. The fourth-order valence-electron chi connectivity index (χ4n) is 6.41. The zero-order valence-corrected chi connectivity index (χ0v) is 22.8. The summed E-state index contributed by atoms with van der Waals surface area (Å²) in [6, 6.07) is 8.37. The molecule has 0 bridgehead atoms. The van der Waals surface area contributed by atoms with Crippen LogP contribution in [0.5, 0.6) is 0 Å². The van der Waals surface area contributed by atoms with Crippen LogP contribution in [0.2, 0.25) is 0 Å². The van der Waals surface area contributed by atoms with E-state index in [1.54, 1.807) is 0 Å². The molecule has 5 rings (SSSR count). The van der Waals surface area contributed by atoms with Crippen LogP contribution in [0, 0.1) is 36.2 Å². The van der Waals surface area contributed by atoms with Gasteiger partial charge in [0.2, 0.25) is 0 Å². The zero-order valence-electron chi connectivity index (χ0n) is 21.9. The van der Waals surface area contributed by atoms with E-state index in [9.17, 15) is 33.6 Å². The van der Waals surface area contributed by atoms with Crippen LogP contribution in [-0.4, -0.2) is 70.8 Å². The molecule has 4 N–H and O–H groups in total. The number of hydrogen-bond acceptors (Lipinski definition) is 6. The Bertz CT molecular complexity index is 1340. The van der Waals surface area contributed by atoms with Gasteiger partial charge in [-0.15, -0.1) is 5.10 Å². The maximum absolute atomic E-state index is 13.8. The third-order valence-electron chi connectivity index (χ3n) is 8.82. The standard InChI is InChI=1S/C28H34F3N3O4S/c1-14-6-4-5-7-18(14)27(28(38)10-15(2)16(28)3)39-13-22(36)25(26(37)23(39)12-35)34-11-21(32-33-34)17-8-19(29)24(31)20(30)9-17/h4-9,11,15-16,22-23,25-27,35-39H,10,12-13H2,1-3H3/t15-,16+,22-,23+,25-,26-,27+,28?/m0/s1. The van der Waals surface area contributed by atoms with E-state index in [1.165, 1.54) is 10.9 Å². The van der Waals surface area contributed by atoms with Crippen LogP contribution in [0.4, 0.5) is 13.2 Å². The van der Waals surface area contributed by atoms with Crippen molar-refractivity contribution in [3.05, 3.63) is 71.2 Å². The van der Waals surface area contributed by atoms with Gasteiger partial charge < -0.3 is 20.4 Å². The predicted molar refractivity (Wildman–Crippen MR) is 143 cm³/mol. The van der Waals surface area contributed by atoms with Crippen LogP contribution in [0.1, 0.15) is 42.7 Å². The minimum absolute atomic E-state index is 0.00895. The first kappa shape index (κ1) is 28.1. The van der Waals surface area contributed by atoms with Gasteiger partial charge in [0.05, 0.1) is 30.6 Å². The summed E-state index contributed by atoms with van der Waals surface area (Å²) in [7, 11) is -1.33. The number of hydrogen-bond donors (Lipinski definition) is 5. The summed E-state index contributed by atoms with van der Waals surface area (Å²) < 4.78 is 42.2. The molecule has 3 aromatic rings. The van der Waals surface area contributed by atoms with Gasteiger partial charge in [-0.3, -0.25) is 0 Å². The molecule has 2 fully saturated rings. The summed E-state index contributed by atoms with van der Waals surface area (Å²) >= 11 is 0. The van der Waals surface area contributed by atoms with E-state index in [0.717, 1.165) is 23.3 Å². The number of rotatable bonds is 6. The number of aliphatic hydroxyl groups is 4. The van der Waals surface area contributed by atoms with E-state index in [-0.39, 0.29) is 34.8 Å². The number of halogens is 3.